The number of nitrogens with one attached hydrogen (secondary N) is 2. The number of hydrogen-bond donors (Lipinski definition) is 2. The van der Waals surface area contributed by atoms with Crippen LogP contribution < -0.4 is 10.6 Å². The van der Waals surface area contributed by atoms with E-state index in [1.165, 1.54) is 0 Å². The van der Waals surface area contributed by atoms with E-state index in [1.54, 1.807) is 24.0 Å². The van der Waals surface area contributed by atoms with Crippen molar-refractivity contribution in [1.29, 1.82) is 0 Å². The van der Waals surface area contributed by atoms with E-state index in [0.29, 0.717) is 11.7 Å². The molecule has 2 aromatic rings. The summed E-state index contributed by atoms with van der Waals surface area (Å²) in [6, 6.07) is 9.94. The second-order valence-electron chi connectivity index (χ2n) is 5.06. The fourth-order valence-corrected chi connectivity index (χ4v) is 1.81. The Kier molecular flexibility index (Phi) is 4.53. The molecule has 0 atom stereocenters. The molecule has 0 aliphatic rings. The average Bonchev–Trinajstić information content (AvgIpc) is 2.84. The number of aromatic nitrogens is 2. The number of amides is 1. The summed E-state index contributed by atoms with van der Waals surface area (Å²) in [5, 5.41) is 10.3. The van der Waals surface area contributed by atoms with Gasteiger partial charge in [0.15, 0.2) is 5.69 Å². The lowest BCUT2D eigenvalue weighted by molar-refractivity contribution is 0.102. The number of nitrogens with zero attached hydrogens (tertiary/aromatic N) is 2. The molecule has 0 spiro atoms. The second kappa shape index (κ2) is 6.34. The van der Waals surface area contributed by atoms with Crippen LogP contribution in [-0.2, 0) is 13.6 Å². The average molecular weight is 272 g/mol. The lowest BCUT2D eigenvalue weighted by atomic mass is 10.2. The Bertz CT molecular complexity index is 589. The van der Waals surface area contributed by atoms with Gasteiger partial charge in [0.05, 0.1) is 0 Å². The van der Waals surface area contributed by atoms with Crippen LogP contribution in [0.15, 0.2) is 36.5 Å². The molecule has 0 radical (unpaired) electrons. The van der Waals surface area contributed by atoms with Crippen molar-refractivity contribution < 1.29 is 4.79 Å². The Labute approximate surface area is 119 Å². The number of anilines is 1. The van der Waals surface area contributed by atoms with E-state index in [-0.39, 0.29) is 5.91 Å². The van der Waals surface area contributed by atoms with Gasteiger partial charge >= 0.3 is 0 Å². The zero-order chi connectivity index (χ0) is 14.5. The molecule has 1 amide bonds. The van der Waals surface area contributed by atoms with Gasteiger partial charge in [-0.1, -0.05) is 26.0 Å². The van der Waals surface area contributed by atoms with Crippen LogP contribution in [0.2, 0.25) is 0 Å². The predicted octanol–water partition coefficient (Wildman–Crippen LogP) is 2.17. The van der Waals surface area contributed by atoms with Gasteiger partial charge in [0.1, 0.15) is 0 Å². The first-order valence-corrected chi connectivity index (χ1v) is 6.68. The quantitative estimate of drug-likeness (QED) is 0.877. The van der Waals surface area contributed by atoms with Crippen molar-refractivity contribution >= 4 is 11.6 Å². The van der Waals surface area contributed by atoms with E-state index >= 15 is 0 Å². The van der Waals surface area contributed by atoms with Crippen molar-refractivity contribution in [3.63, 3.8) is 0 Å². The van der Waals surface area contributed by atoms with Gasteiger partial charge in [-0.25, -0.2) is 0 Å². The summed E-state index contributed by atoms with van der Waals surface area (Å²) in [7, 11) is 1.79. The van der Waals surface area contributed by atoms with Gasteiger partial charge in [0, 0.05) is 31.5 Å². The van der Waals surface area contributed by atoms with E-state index < -0.39 is 0 Å². The van der Waals surface area contributed by atoms with Gasteiger partial charge in [-0.15, -0.1) is 0 Å². The van der Waals surface area contributed by atoms with E-state index in [0.717, 1.165) is 17.8 Å². The smallest absolute Gasteiger partial charge is 0.276 e. The highest BCUT2D eigenvalue weighted by Crippen LogP contribution is 2.12. The van der Waals surface area contributed by atoms with Gasteiger partial charge in [0.25, 0.3) is 5.91 Å². The SMILES string of the molecule is CC(C)NCc1cccc(NC(=O)c2ccn(C)n2)c1. The molecule has 5 heteroatoms. The van der Waals surface area contributed by atoms with Gasteiger partial charge in [-0.3, -0.25) is 9.48 Å². The van der Waals surface area contributed by atoms with Crippen LogP contribution in [0.1, 0.15) is 29.9 Å². The minimum absolute atomic E-state index is 0.195. The van der Waals surface area contributed by atoms with Crippen LogP contribution in [0.4, 0.5) is 5.69 Å². The van der Waals surface area contributed by atoms with Crippen molar-refractivity contribution in [3.05, 3.63) is 47.8 Å². The van der Waals surface area contributed by atoms with Gasteiger partial charge in [-0.2, -0.15) is 5.10 Å². The molecule has 0 bridgehead atoms. The van der Waals surface area contributed by atoms with Gasteiger partial charge < -0.3 is 10.6 Å². The lowest BCUT2D eigenvalue weighted by Gasteiger charge is -2.10. The summed E-state index contributed by atoms with van der Waals surface area (Å²) in [4.78, 5) is 12.0. The van der Waals surface area contributed by atoms with E-state index in [4.69, 9.17) is 0 Å². The van der Waals surface area contributed by atoms with Crippen LogP contribution in [0.25, 0.3) is 0 Å². The third-order valence-electron chi connectivity index (χ3n) is 2.85. The standard InChI is InChI=1S/C15H20N4O/c1-11(2)16-10-12-5-4-6-13(9-12)17-15(20)14-7-8-19(3)18-14/h4-9,11,16H,10H2,1-3H3,(H,17,20). The maximum absolute atomic E-state index is 12.0. The van der Waals surface area contributed by atoms with Crippen LogP contribution in [0, 0.1) is 0 Å². The van der Waals surface area contributed by atoms with Crippen molar-refractivity contribution in [3.8, 4) is 0 Å². The molecule has 0 unspecified atom stereocenters. The monoisotopic (exact) mass is 272 g/mol. The minimum atomic E-state index is -0.195. The molecule has 0 aliphatic carbocycles. The normalized spacial score (nSPS) is 10.8. The number of hydrogen-bond acceptors (Lipinski definition) is 3. The predicted molar refractivity (Wildman–Crippen MR) is 79.6 cm³/mol. The van der Waals surface area contributed by atoms with Crippen LogP contribution >= 0.6 is 0 Å². The summed E-state index contributed by atoms with van der Waals surface area (Å²) in [6.07, 6.45) is 1.75. The molecule has 2 N–H and O–H groups in total. The molecule has 1 heterocycles. The third kappa shape index (κ3) is 3.93. The summed E-state index contributed by atoms with van der Waals surface area (Å²) in [5.41, 5.74) is 2.33. The minimum Gasteiger partial charge on any atom is -0.321 e. The molecule has 1 aromatic heterocycles. The fraction of sp³-hybridized carbons (Fsp3) is 0.333. The van der Waals surface area contributed by atoms with E-state index in [1.807, 2.05) is 24.3 Å². The van der Waals surface area contributed by atoms with Gasteiger partial charge in [0.2, 0.25) is 0 Å². The molecule has 20 heavy (non-hydrogen) atoms. The lowest BCUT2D eigenvalue weighted by Crippen LogP contribution is -2.22. The number of carbonyl (C=O) groups excluding carboxylic acids is 1. The molecule has 0 fully saturated rings. The maximum atomic E-state index is 12.0. The topological polar surface area (TPSA) is 58.9 Å². The highest BCUT2D eigenvalue weighted by Gasteiger charge is 2.09. The first-order valence-electron chi connectivity index (χ1n) is 6.68. The van der Waals surface area contributed by atoms with Gasteiger partial charge in [-0.05, 0) is 23.8 Å². The number of benzene rings is 1. The van der Waals surface area contributed by atoms with Crippen LogP contribution in [0.3, 0.4) is 0 Å². The van der Waals surface area contributed by atoms with Crippen molar-refractivity contribution in [2.45, 2.75) is 26.4 Å². The maximum Gasteiger partial charge on any atom is 0.276 e. The second-order valence-corrected chi connectivity index (χ2v) is 5.06. The fourth-order valence-electron chi connectivity index (χ4n) is 1.81. The molecule has 106 valence electrons. The zero-order valence-corrected chi connectivity index (χ0v) is 12.1. The Balaban J connectivity index is 2.02. The highest BCUT2D eigenvalue weighted by molar-refractivity contribution is 6.02. The summed E-state index contributed by atoms with van der Waals surface area (Å²) < 4.78 is 1.61. The van der Waals surface area contributed by atoms with Crippen LogP contribution in [-0.4, -0.2) is 21.7 Å². The number of carbonyl (C=O) groups is 1. The molecule has 2 rings (SSSR count). The van der Waals surface area contributed by atoms with Crippen LogP contribution in [0.5, 0.6) is 0 Å². The van der Waals surface area contributed by atoms with E-state index in [2.05, 4.69) is 29.6 Å². The molecular weight excluding hydrogens is 252 g/mol. The number of aryl methyl sites for hydroxylation is 1. The molecular formula is C15H20N4O. The Morgan fingerprint density at radius 2 is 2.15 bits per heavy atom. The Hall–Kier alpha value is -2.14. The Morgan fingerprint density at radius 1 is 1.35 bits per heavy atom. The summed E-state index contributed by atoms with van der Waals surface area (Å²) in [6.45, 7) is 4.99. The third-order valence-corrected chi connectivity index (χ3v) is 2.85. The zero-order valence-electron chi connectivity index (χ0n) is 12.1. The Morgan fingerprint density at radius 3 is 2.80 bits per heavy atom. The molecule has 0 aliphatic heterocycles. The molecule has 0 saturated carbocycles. The number of rotatable bonds is 5. The van der Waals surface area contributed by atoms with E-state index in [9.17, 15) is 4.79 Å². The van der Waals surface area contributed by atoms with Crippen molar-refractivity contribution in [2.75, 3.05) is 5.32 Å². The molecule has 0 saturated heterocycles. The molecule has 5 nitrogen and oxygen atoms in total. The molecule has 1 aromatic carbocycles. The summed E-state index contributed by atoms with van der Waals surface area (Å²) >= 11 is 0. The first kappa shape index (κ1) is 14.3. The van der Waals surface area contributed by atoms with Crippen molar-refractivity contribution in [1.82, 2.24) is 15.1 Å². The first-order chi connectivity index (χ1) is 9.54. The van der Waals surface area contributed by atoms with Crippen molar-refractivity contribution in [2.24, 2.45) is 7.05 Å². The highest BCUT2D eigenvalue weighted by atomic mass is 16.1. The largest absolute Gasteiger partial charge is 0.321 e. The summed E-state index contributed by atoms with van der Waals surface area (Å²) in [5.74, 6) is -0.195.